The SMILES string of the molecule is CCCCCCCC/C=C\CCCCCCCCCC(=O)O[C@H](COC(=O)CCC/C=C\C[C@H]1[C@@H](O)CC(O)O[C@@H]1/C=C/[C@@H](O)CCCCC)COP(=O)(O)OC[C@H](N)C(=O)O. The van der Waals surface area contributed by atoms with Crippen molar-refractivity contribution < 1.29 is 67.5 Å². The topological polar surface area (TPSA) is 242 Å². The van der Waals surface area contributed by atoms with Crippen molar-refractivity contribution in [1.82, 2.24) is 0 Å². The summed E-state index contributed by atoms with van der Waals surface area (Å²) < 4.78 is 38.4. The van der Waals surface area contributed by atoms with Crippen LogP contribution in [-0.2, 0) is 42.2 Å². The molecule has 0 radical (unpaired) electrons. The minimum Gasteiger partial charge on any atom is -0.480 e. The molecule has 1 saturated heterocycles. The fourth-order valence-electron chi connectivity index (χ4n) is 6.86. The summed E-state index contributed by atoms with van der Waals surface area (Å²) in [6.07, 6.45) is 29.6. The minimum absolute atomic E-state index is 0.0269. The number of hydrogen-bond acceptors (Lipinski definition) is 13. The standard InChI is InChI=1S/C46H82NO14P/c1-3-5-7-8-9-10-11-12-13-14-15-16-17-18-19-20-26-30-44(51)60-38(35-58-62(55,56)59-36-40(47)46(53)54)34-57-43(50)29-25-22-21-24-28-39-41(49)33-45(52)61-42(39)32-31-37(48)27-23-6-4-2/h12-13,21,24,31-32,37-42,45,48-49,52H,3-11,14-20,22-23,25-30,33-36,47H2,1-2H3,(H,53,54)(H,55,56)/b13-12-,24-21-,32-31+/t37-,38+,39-,40-,41-,42+,45?/m0/s1. The largest absolute Gasteiger partial charge is 0.480 e. The van der Waals surface area contributed by atoms with Gasteiger partial charge in [0, 0.05) is 25.2 Å². The maximum absolute atomic E-state index is 12.7. The molecule has 1 rings (SSSR count). The number of carbonyl (C=O) groups excluding carboxylic acids is 2. The summed E-state index contributed by atoms with van der Waals surface area (Å²) in [5.74, 6) is -2.95. The van der Waals surface area contributed by atoms with Crippen LogP contribution in [0.3, 0.4) is 0 Å². The number of aliphatic hydroxyl groups excluding tert-OH is 3. The lowest BCUT2D eigenvalue weighted by Crippen LogP contribution is -2.43. The molecular weight excluding hydrogens is 821 g/mol. The van der Waals surface area contributed by atoms with E-state index in [-0.39, 0.29) is 25.2 Å². The molecule has 2 unspecified atom stereocenters. The highest BCUT2D eigenvalue weighted by Gasteiger charge is 2.35. The van der Waals surface area contributed by atoms with E-state index in [1.807, 2.05) is 12.2 Å². The van der Waals surface area contributed by atoms with Gasteiger partial charge in [-0.3, -0.25) is 23.4 Å². The summed E-state index contributed by atoms with van der Waals surface area (Å²) in [6, 6.07) is -1.56. The number of ether oxygens (including phenoxy) is 3. The Bertz CT molecular complexity index is 1310. The molecule has 1 aliphatic rings. The van der Waals surface area contributed by atoms with E-state index in [1.165, 1.54) is 57.8 Å². The monoisotopic (exact) mass is 904 g/mol. The average Bonchev–Trinajstić information content (AvgIpc) is 3.23. The lowest BCUT2D eigenvalue weighted by atomic mass is 9.87. The zero-order chi connectivity index (χ0) is 45.9. The quantitative estimate of drug-likeness (QED) is 0.0147. The number of carboxylic acids is 1. The number of aliphatic carboxylic acids is 1. The lowest BCUT2D eigenvalue weighted by Gasteiger charge is -2.36. The van der Waals surface area contributed by atoms with Crippen LogP contribution in [0.2, 0.25) is 0 Å². The van der Waals surface area contributed by atoms with Gasteiger partial charge in [-0.2, -0.15) is 0 Å². The second-order valence-electron chi connectivity index (χ2n) is 16.4. The predicted molar refractivity (Wildman–Crippen MR) is 239 cm³/mol. The molecule has 62 heavy (non-hydrogen) atoms. The fourth-order valence-corrected chi connectivity index (χ4v) is 7.64. The van der Waals surface area contributed by atoms with Gasteiger partial charge in [0.05, 0.1) is 31.5 Å². The number of rotatable bonds is 39. The first-order valence-electron chi connectivity index (χ1n) is 23.4. The van der Waals surface area contributed by atoms with E-state index in [2.05, 4.69) is 30.5 Å². The maximum atomic E-state index is 12.7. The fraction of sp³-hybridized carbons (Fsp3) is 0.804. The molecule has 1 aliphatic heterocycles. The van der Waals surface area contributed by atoms with Gasteiger partial charge >= 0.3 is 25.7 Å². The molecule has 360 valence electrons. The van der Waals surface area contributed by atoms with Crippen molar-refractivity contribution >= 4 is 25.7 Å². The van der Waals surface area contributed by atoms with Crippen molar-refractivity contribution in [3.8, 4) is 0 Å². The van der Waals surface area contributed by atoms with Crippen LogP contribution in [0, 0.1) is 5.92 Å². The van der Waals surface area contributed by atoms with Gasteiger partial charge < -0.3 is 45.3 Å². The van der Waals surface area contributed by atoms with Gasteiger partial charge in [0.25, 0.3) is 0 Å². The summed E-state index contributed by atoms with van der Waals surface area (Å²) in [5.41, 5.74) is 5.34. The van der Waals surface area contributed by atoms with Gasteiger partial charge in [0.15, 0.2) is 12.4 Å². The molecule has 1 heterocycles. The van der Waals surface area contributed by atoms with Crippen LogP contribution < -0.4 is 5.73 Å². The van der Waals surface area contributed by atoms with Crippen LogP contribution in [0.4, 0.5) is 0 Å². The van der Waals surface area contributed by atoms with Crippen molar-refractivity contribution in [2.45, 2.75) is 211 Å². The first kappa shape index (κ1) is 57.6. The minimum atomic E-state index is -4.79. The number of allylic oxidation sites excluding steroid dienone is 4. The van der Waals surface area contributed by atoms with E-state index in [9.17, 15) is 39.2 Å². The van der Waals surface area contributed by atoms with Crippen molar-refractivity contribution in [2.24, 2.45) is 11.7 Å². The second-order valence-corrected chi connectivity index (χ2v) is 17.9. The molecule has 0 bridgehead atoms. The number of carboxylic acid groups (broad SMARTS) is 1. The van der Waals surface area contributed by atoms with E-state index in [1.54, 1.807) is 12.2 Å². The second kappa shape index (κ2) is 36.8. The molecule has 0 aromatic rings. The third-order valence-corrected chi connectivity index (χ3v) is 11.6. The van der Waals surface area contributed by atoms with Crippen molar-refractivity contribution in [3.05, 3.63) is 36.5 Å². The molecule has 0 amide bonds. The zero-order valence-corrected chi connectivity index (χ0v) is 38.6. The number of hydrogen-bond donors (Lipinski definition) is 6. The van der Waals surface area contributed by atoms with Gasteiger partial charge in [-0.05, 0) is 57.8 Å². The van der Waals surface area contributed by atoms with Crippen LogP contribution >= 0.6 is 7.82 Å². The number of aliphatic hydroxyl groups is 3. The molecule has 7 N–H and O–H groups in total. The molecule has 0 spiro atoms. The third kappa shape index (κ3) is 31.4. The number of phosphoric acid groups is 1. The highest BCUT2D eigenvalue weighted by atomic mass is 31.2. The van der Waals surface area contributed by atoms with E-state index in [0.717, 1.165) is 51.4 Å². The highest BCUT2D eigenvalue weighted by Crippen LogP contribution is 2.43. The summed E-state index contributed by atoms with van der Waals surface area (Å²) in [5, 5.41) is 39.9. The van der Waals surface area contributed by atoms with E-state index in [0.29, 0.717) is 32.1 Å². The van der Waals surface area contributed by atoms with Crippen LogP contribution in [-0.4, -0.2) is 99.8 Å². The molecule has 0 saturated carbocycles. The number of unbranched alkanes of at least 4 members (excludes halogenated alkanes) is 16. The Morgan fingerprint density at radius 2 is 1.29 bits per heavy atom. The highest BCUT2D eigenvalue weighted by molar-refractivity contribution is 7.47. The van der Waals surface area contributed by atoms with Gasteiger partial charge in [0.1, 0.15) is 12.6 Å². The Morgan fingerprint density at radius 1 is 0.742 bits per heavy atom. The van der Waals surface area contributed by atoms with E-state index < -0.39 is 82.3 Å². The van der Waals surface area contributed by atoms with Gasteiger partial charge in [-0.15, -0.1) is 0 Å². The zero-order valence-electron chi connectivity index (χ0n) is 37.7. The molecule has 16 heteroatoms. The van der Waals surface area contributed by atoms with Gasteiger partial charge in [-0.1, -0.05) is 134 Å². The van der Waals surface area contributed by atoms with Crippen molar-refractivity contribution in [2.75, 3.05) is 19.8 Å². The number of carbonyl (C=O) groups is 3. The molecule has 1 fully saturated rings. The Balaban J connectivity index is 2.50. The Labute approximate surface area is 371 Å². The number of nitrogens with two attached hydrogens (primary N) is 1. The molecule has 8 atom stereocenters. The van der Waals surface area contributed by atoms with Crippen LogP contribution in [0.15, 0.2) is 36.5 Å². The molecular formula is C46H82NO14P. The summed E-state index contributed by atoms with van der Waals surface area (Å²) in [7, 11) is -4.79. The van der Waals surface area contributed by atoms with E-state index >= 15 is 0 Å². The molecule has 0 aliphatic carbocycles. The Morgan fingerprint density at radius 3 is 1.94 bits per heavy atom. The predicted octanol–water partition coefficient (Wildman–Crippen LogP) is 8.50. The van der Waals surface area contributed by atoms with Crippen LogP contribution in [0.1, 0.15) is 174 Å². The average molecular weight is 904 g/mol. The number of esters is 2. The van der Waals surface area contributed by atoms with Crippen LogP contribution in [0.5, 0.6) is 0 Å². The summed E-state index contributed by atoms with van der Waals surface area (Å²) >= 11 is 0. The third-order valence-electron chi connectivity index (χ3n) is 10.7. The van der Waals surface area contributed by atoms with Crippen LogP contribution in [0.25, 0.3) is 0 Å². The summed E-state index contributed by atoms with van der Waals surface area (Å²) in [4.78, 5) is 46.3. The Kier molecular flexibility index (Phi) is 34.2. The first-order valence-corrected chi connectivity index (χ1v) is 24.9. The molecule has 0 aromatic carbocycles. The normalized spacial score (nSPS) is 20.7. The van der Waals surface area contributed by atoms with Crippen molar-refractivity contribution in [1.29, 1.82) is 0 Å². The first-order chi connectivity index (χ1) is 29.8. The van der Waals surface area contributed by atoms with Gasteiger partial charge in [0.2, 0.25) is 0 Å². The molecule has 15 nitrogen and oxygen atoms in total. The number of phosphoric ester groups is 1. The molecule has 0 aromatic heterocycles. The smallest absolute Gasteiger partial charge is 0.472 e. The van der Waals surface area contributed by atoms with Crippen molar-refractivity contribution in [3.63, 3.8) is 0 Å². The lowest BCUT2D eigenvalue weighted by molar-refractivity contribution is -0.199. The Hall–Kier alpha value is -2.46. The van der Waals surface area contributed by atoms with Gasteiger partial charge in [-0.25, -0.2) is 4.57 Å². The maximum Gasteiger partial charge on any atom is 0.472 e. The van der Waals surface area contributed by atoms with E-state index in [4.69, 9.17) is 29.6 Å². The summed E-state index contributed by atoms with van der Waals surface area (Å²) in [6.45, 7) is 2.42.